The first-order valence-corrected chi connectivity index (χ1v) is 10.3. The Hall–Kier alpha value is -2.70. The lowest BCUT2D eigenvalue weighted by atomic mass is 9.81. The third-order valence-corrected chi connectivity index (χ3v) is 6.32. The van der Waals surface area contributed by atoms with Crippen LogP contribution in [0.1, 0.15) is 24.4 Å². The molecular formula is C21H17ClN4OS. The number of carbonyl (C=O) groups excluding carboxylic acids is 1. The number of benzene rings is 2. The summed E-state index contributed by atoms with van der Waals surface area (Å²) >= 11 is 8.01. The molecule has 1 aromatic heterocycles. The van der Waals surface area contributed by atoms with Crippen molar-refractivity contribution in [2.45, 2.75) is 18.9 Å². The molecule has 0 saturated carbocycles. The second-order valence-corrected chi connectivity index (χ2v) is 8.26. The van der Waals surface area contributed by atoms with E-state index in [1.807, 2.05) is 48.5 Å². The van der Waals surface area contributed by atoms with Gasteiger partial charge in [0, 0.05) is 17.1 Å². The van der Waals surface area contributed by atoms with Crippen LogP contribution in [0.15, 0.2) is 65.3 Å². The molecule has 28 heavy (non-hydrogen) atoms. The number of aliphatic imine (C=N–C) groups is 1. The van der Waals surface area contributed by atoms with Gasteiger partial charge in [-0.3, -0.25) is 4.79 Å². The van der Waals surface area contributed by atoms with E-state index >= 15 is 0 Å². The van der Waals surface area contributed by atoms with Crippen molar-refractivity contribution in [3.63, 3.8) is 0 Å². The molecule has 5 nitrogen and oxygen atoms in total. The highest BCUT2D eigenvalue weighted by Crippen LogP contribution is 2.40. The number of nitrogens with one attached hydrogen (secondary N) is 2. The number of fused-ring (bicyclic) bond motifs is 2. The number of Topliss-reactive ketones (excluding diaryl/α,β-unsaturated/α-hetero) is 1. The number of hydrogen-bond donors (Lipinski definition) is 2. The highest BCUT2D eigenvalue weighted by molar-refractivity contribution is 7.22. The monoisotopic (exact) mass is 408 g/mol. The van der Waals surface area contributed by atoms with E-state index in [0.29, 0.717) is 17.4 Å². The number of anilines is 1. The average molecular weight is 409 g/mol. The molecule has 0 spiro atoms. The predicted octanol–water partition coefficient (Wildman–Crippen LogP) is 4.93. The van der Waals surface area contributed by atoms with E-state index in [1.165, 1.54) is 0 Å². The van der Waals surface area contributed by atoms with Gasteiger partial charge < -0.3 is 10.6 Å². The Labute approximate surface area is 171 Å². The van der Waals surface area contributed by atoms with Gasteiger partial charge in [-0.15, -0.1) is 0 Å². The summed E-state index contributed by atoms with van der Waals surface area (Å²) in [7, 11) is 0. The maximum absolute atomic E-state index is 12.7. The summed E-state index contributed by atoms with van der Waals surface area (Å²) in [5.41, 5.74) is 2.69. The van der Waals surface area contributed by atoms with Gasteiger partial charge in [0.1, 0.15) is 5.78 Å². The van der Waals surface area contributed by atoms with Crippen LogP contribution >= 0.6 is 22.9 Å². The number of aromatic nitrogens is 1. The van der Waals surface area contributed by atoms with Crippen molar-refractivity contribution in [1.82, 2.24) is 10.3 Å². The van der Waals surface area contributed by atoms with Crippen LogP contribution in [0.4, 0.5) is 5.13 Å². The van der Waals surface area contributed by atoms with Gasteiger partial charge in [-0.1, -0.05) is 59.3 Å². The van der Waals surface area contributed by atoms with Crippen LogP contribution in [-0.4, -0.2) is 16.7 Å². The van der Waals surface area contributed by atoms with E-state index in [2.05, 4.69) is 21.7 Å². The summed E-state index contributed by atoms with van der Waals surface area (Å²) in [5, 5.41) is 7.97. The van der Waals surface area contributed by atoms with E-state index in [-0.39, 0.29) is 17.7 Å². The zero-order valence-corrected chi connectivity index (χ0v) is 16.4. The van der Waals surface area contributed by atoms with Gasteiger partial charge in [0.05, 0.1) is 22.2 Å². The van der Waals surface area contributed by atoms with Crippen LogP contribution in [-0.2, 0) is 4.79 Å². The minimum Gasteiger partial charge on any atom is -0.329 e. The molecule has 2 aromatic carbocycles. The topological polar surface area (TPSA) is 66.4 Å². The molecule has 0 radical (unpaired) electrons. The molecule has 0 unspecified atom stereocenters. The number of thiazole rings is 1. The standard InChI is InChI=1S/C21H17ClN4OS/c22-13-7-2-1-6-12(13)19-18-15(9-5-10-16(18)27)23-20(25-19)26-21-24-14-8-3-4-11-17(14)28-21/h1-4,6-9,11,18-19H,5,10H2,(H2,23,24,25,26)/t18-,19-/m0/s1. The minimum atomic E-state index is -0.356. The van der Waals surface area contributed by atoms with Crippen molar-refractivity contribution in [1.29, 1.82) is 0 Å². The van der Waals surface area contributed by atoms with Gasteiger partial charge in [0.15, 0.2) is 5.13 Å². The number of rotatable bonds is 2. The zero-order valence-electron chi connectivity index (χ0n) is 14.9. The Morgan fingerprint density at radius 3 is 2.82 bits per heavy atom. The van der Waals surface area contributed by atoms with Crippen LogP contribution in [0.2, 0.25) is 5.02 Å². The van der Waals surface area contributed by atoms with Gasteiger partial charge in [-0.2, -0.15) is 0 Å². The summed E-state index contributed by atoms with van der Waals surface area (Å²) in [6, 6.07) is 15.2. The second kappa shape index (κ2) is 7.04. The van der Waals surface area contributed by atoms with Crippen molar-refractivity contribution in [2.24, 2.45) is 10.9 Å². The zero-order chi connectivity index (χ0) is 19.1. The Morgan fingerprint density at radius 1 is 1.14 bits per heavy atom. The molecule has 5 rings (SSSR count). The molecular weight excluding hydrogens is 392 g/mol. The normalized spacial score (nSPS) is 21.5. The number of allylic oxidation sites excluding steroid dienone is 1. The fourth-order valence-corrected chi connectivity index (χ4v) is 4.85. The first-order valence-electron chi connectivity index (χ1n) is 9.13. The van der Waals surface area contributed by atoms with E-state index in [4.69, 9.17) is 16.6 Å². The van der Waals surface area contributed by atoms with Crippen LogP contribution in [0.5, 0.6) is 0 Å². The molecule has 0 amide bonds. The van der Waals surface area contributed by atoms with Crippen LogP contribution < -0.4 is 10.6 Å². The number of ketones is 1. The maximum atomic E-state index is 12.7. The lowest BCUT2D eigenvalue weighted by Crippen LogP contribution is -2.43. The van der Waals surface area contributed by atoms with Crippen LogP contribution in [0.3, 0.4) is 0 Å². The second-order valence-electron chi connectivity index (χ2n) is 6.82. The van der Waals surface area contributed by atoms with Gasteiger partial charge >= 0.3 is 0 Å². The number of halogens is 1. The molecule has 0 fully saturated rings. The van der Waals surface area contributed by atoms with Gasteiger partial charge in [-0.25, -0.2) is 9.98 Å². The maximum Gasteiger partial charge on any atom is 0.202 e. The van der Waals surface area contributed by atoms with Crippen LogP contribution in [0, 0.1) is 5.92 Å². The van der Waals surface area contributed by atoms with E-state index in [1.54, 1.807) is 11.3 Å². The Bertz CT molecular complexity index is 1100. The largest absolute Gasteiger partial charge is 0.329 e. The Morgan fingerprint density at radius 2 is 1.96 bits per heavy atom. The molecule has 140 valence electrons. The average Bonchev–Trinajstić information content (AvgIpc) is 3.10. The molecule has 0 saturated heterocycles. The summed E-state index contributed by atoms with van der Waals surface area (Å²) in [5.74, 6) is 0.452. The number of hydrogen-bond acceptors (Lipinski definition) is 6. The van der Waals surface area contributed by atoms with E-state index < -0.39 is 0 Å². The molecule has 2 atom stereocenters. The lowest BCUT2D eigenvalue weighted by molar-refractivity contribution is -0.122. The van der Waals surface area contributed by atoms with E-state index in [9.17, 15) is 4.79 Å². The van der Waals surface area contributed by atoms with Gasteiger partial charge in [0.2, 0.25) is 5.96 Å². The molecule has 2 aliphatic rings. The van der Waals surface area contributed by atoms with Crippen molar-refractivity contribution in [3.05, 3.63) is 70.9 Å². The van der Waals surface area contributed by atoms with Crippen molar-refractivity contribution in [2.75, 3.05) is 5.32 Å². The summed E-state index contributed by atoms with van der Waals surface area (Å²) < 4.78 is 1.11. The predicted molar refractivity (Wildman–Crippen MR) is 114 cm³/mol. The molecule has 3 aromatic rings. The lowest BCUT2D eigenvalue weighted by Gasteiger charge is -2.34. The molecule has 0 bridgehead atoms. The fraction of sp³-hybridized carbons (Fsp3) is 0.190. The van der Waals surface area contributed by atoms with Crippen molar-refractivity contribution < 1.29 is 4.79 Å². The number of para-hydroxylation sites is 1. The third-order valence-electron chi connectivity index (χ3n) is 5.03. The molecule has 2 N–H and O–H groups in total. The summed E-state index contributed by atoms with van der Waals surface area (Å²) in [4.78, 5) is 22.1. The SMILES string of the molecule is O=C1CCC=C2NC(Nc3nc4ccccc4s3)=N[C@@H](c3ccccc3Cl)[C@H]12. The van der Waals surface area contributed by atoms with E-state index in [0.717, 1.165) is 33.0 Å². The smallest absolute Gasteiger partial charge is 0.202 e. The van der Waals surface area contributed by atoms with Gasteiger partial charge in [0.25, 0.3) is 0 Å². The molecule has 7 heteroatoms. The third kappa shape index (κ3) is 3.08. The molecule has 1 aliphatic carbocycles. The first kappa shape index (κ1) is 17.4. The Balaban J connectivity index is 1.55. The quantitative estimate of drug-likeness (QED) is 0.631. The first-order chi connectivity index (χ1) is 13.7. The highest BCUT2D eigenvalue weighted by Gasteiger charge is 2.38. The Kier molecular flexibility index (Phi) is 4.37. The highest BCUT2D eigenvalue weighted by atomic mass is 35.5. The van der Waals surface area contributed by atoms with Gasteiger partial charge in [-0.05, 0) is 30.2 Å². The van der Waals surface area contributed by atoms with Crippen molar-refractivity contribution in [3.8, 4) is 0 Å². The molecule has 1 aliphatic heterocycles. The molecule has 2 heterocycles. The number of carbonyl (C=O) groups is 1. The fourth-order valence-electron chi connectivity index (χ4n) is 3.74. The summed E-state index contributed by atoms with van der Waals surface area (Å²) in [6.45, 7) is 0. The van der Waals surface area contributed by atoms with Crippen LogP contribution in [0.25, 0.3) is 10.2 Å². The number of nitrogens with zero attached hydrogens (tertiary/aromatic N) is 2. The van der Waals surface area contributed by atoms with Crippen molar-refractivity contribution >= 4 is 50.0 Å². The number of guanidine groups is 1. The minimum absolute atomic E-state index is 0.192. The summed E-state index contributed by atoms with van der Waals surface area (Å²) in [6.07, 6.45) is 3.36.